The van der Waals surface area contributed by atoms with Crippen LogP contribution in [0.3, 0.4) is 0 Å². The summed E-state index contributed by atoms with van der Waals surface area (Å²) in [4.78, 5) is 106. The van der Waals surface area contributed by atoms with E-state index in [4.69, 9.17) is 19.3 Å². The number of aryl methyl sites for hydroxylation is 4. The van der Waals surface area contributed by atoms with Crippen molar-refractivity contribution in [1.29, 1.82) is 0 Å². The van der Waals surface area contributed by atoms with Crippen LogP contribution in [0.2, 0.25) is 0 Å². The number of thiophene rings is 3. The summed E-state index contributed by atoms with van der Waals surface area (Å²) in [5, 5.41) is 25.5. The summed E-state index contributed by atoms with van der Waals surface area (Å²) in [5.74, 6) is -0.0825. The van der Waals surface area contributed by atoms with E-state index in [0.29, 0.717) is 68.6 Å². The third kappa shape index (κ3) is 27.7. The molecule has 6 heterocycles. The zero-order chi connectivity index (χ0) is 76.2. The summed E-state index contributed by atoms with van der Waals surface area (Å²) in [5.41, 5.74) is 8.57. The maximum Gasteiger partial charge on any atom is 0.337 e. The number of benzene rings is 3. The van der Waals surface area contributed by atoms with Gasteiger partial charge in [-0.3, -0.25) is 19.2 Å². The first-order valence-electron chi connectivity index (χ1n) is 34.7. The Morgan fingerprint density at radius 3 is 1.45 bits per heavy atom. The van der Waals surface area contributed by atoms with Gasteiger partial charge in [-0.25, -0.2) is 38.3 Å². The SMILES string of the molecule is CCCCc1n(Cc2ccc(C(=O)OC)cc2)c(/C=C(\Cc2cccs2)C(C)=O)c[n+]1CCC(=O)OC.CCCCc1nc(/C=C(\Cc2cccs2)C(C)=O)cn1CCC(=O)OC.CCCCc1ncc(/C=C(\Cc2cccs2)C(=O)O)n1Cc1ccc(C(=O)O)cc1.COC(=O)c1ccc(CBr)cc1. The van der Waals surface area contributed by atoms with Gasteiger partial charge in [-0.2, -0.15) is 0 Å². The molecule has 0 spiro atoms. The molecule has 0 radical (unpaired) electrons. The predicted molar refractivity (Wildman–Crippen MR) is 415 cm³/mol. The standard InChI is InChI=1S/C29H35N2O5S.C23H24N2O4S.C20H26N2O3S.C9H9BrO2/c1-5-6-9-27-30(15-14-28(33)35-3)20-25(17-24(21(2)32)18-26-8-7-16-37-26)31(27)19-22-10-12-23(13-11-22)29(34)36-4;1-2-3-6-21-24-14-19(12-18(23(28)29)13-20-5-4-11-30-20)25(21)15-16-7-9-17(10-8-16)22(26)27;1-4-5-8-19-21-17(14-22(19)10-9-20(24)25-3)12-16(15(2)23)13-18-7-6-11-26-18;1-12-9(11)8-4-2-7(6-10)3-5-8/h7-8,10-13,16-17,20H,5-6,9,14-15,18-19H2,1-4H3;4-5,7-12,14H,2-3,6,13,15H2,1H3,(H,26,27)(H,28,29);6-7,11-12,14H,4-5,8-10,13H2,1-3H3;2-5H,6H2,1H3/q+1;;;/b24-17+;18-12+;16-12+;. The molecule has 2 N–H and O–H groups in total. The normalized spacial score (nSPS) is 11.3. The third-order valence-electron chi connectivity index (χ3n) is 16.7. The molecular formula is C81H94BrN6O14S3+. The van der Waals surface area contributed by atoms with Crippen molar-refractivity contribution >= 4 is 116 Å². The number of imidazole rings is 3. The Labute approximate surface area is 634 Å². The van der Waals surface area contributed by atoms with Crippen LogP contribution in [-0.2, 0) is 113 Å². The van der Waals surface area contributed by atoms with E-state index in [1.807, 2.05) is 110 Å². The minimum absolute atomic E-state index is 0.0276. The number of hydrogen-bond donors (Lipinski definition) is 2. The number of carbonyl (C=O) groups is 8. The molecule has 24 heteroatoms. The molecule has 0 fully saturated rings. The second kappa shape index (κ2) is 44.8. The largest absolute Gasteiger partial charge is 0.478 e. The van der Waals surface area contributed by atoms with E-state index in [0.717, 1.165) is 140 Å². The second-order valence-corrected chi connectivity index (χ2v) is 28.0. The zero-order valence-corrected chi connectivity index (χ0v) is 65.1. The molecule has 0 aliphatic heterocycles. The molecule has 0 saturated heterocycles. The van der Waals surface area contributed by atoms with Gasteiger partial charge in [0.25, 0.3) is 5.82 Å². The lowest BCUT2D eigenvalue weighted by Crippen LogP contribution is -2.38. The van der Waals surface area contributed by atoms with Crippen molar-refractivity contribution in [3.8, 4) is 0 Å². The van der Waals surface area contributed by atoms with Crippen LogP contribution in [0.5, 0.6) is 0 Å². The number of ether oxygens (including phenoxy) is 4. The van der Waals surface area contributed by atoms with E-state index >= 15 is 0 Å². The van der Waals surface area contributed by atoms with E-state index in [1.165, 1.54) is 39.8 Å². The molecule has 0 unspecified atom stereocenters. The molecule has 0 atom stereocenters. The number of halogens is 1. The Morgan fingerprint density at radius 2 is 0.990 bits per heavy atom. The van der Waals surface area contributed by atoms with E-state index in [-0.39, 0.29) is 47.4 Å². The molecule has 9 rings (SSSR count). The molecule has 3 aromatic carbocycles. The Balaban J connectivity index is 0.000000231. The fraction of sp³-hybridized carbons (Fsp3) is 0.346. The lowest BCUT2D eigenvalue weighted by atomic mass is 10.1. The molecule has 556 valence electrons. The molecular weight excluding hydrogens is 1460 g/mol. The predicted octanol–water partition coefficient (Wildman–Crippen LogP) is 16.0. The third-order valence-corrected chi connectivity index (χ3v) is 20.0. The van der Waals surface area contributed by atoms with Crippen molar-refractivity contribution in [2.24, 2.45) is 0 Å². The lowest BCUT2D eigenvalue weighted by molar-refractivity contribution is -0.702. The number of ketones is 2. The van der Waals surface area contributed by atoms with E-state index < -0.39 is 11.9 Å². The minimum atomic E-state index is -0.962. The quantitative estimate of drug-likeness (QED) is 0.0123. The Morgan fingerprint density at radius 1 is 0.533 bits per heavy atom. The van der Waals surface area contributed by atoms with E-state index in [1.54, 1.807) is 97.3 Å². The highest BCUT2D eigenvalue weighted by Gasteiger charge is 2.25. The highest BCUT2D eigenvalue weighted by molar-refractivity contribution is 9.08. The van der Waals surface area contributed by atoms with Gasteiger partial charge in [-0.1, -0.05) is 111 Å². The van der Waals surface area contributed by atoms with Crippen molar-refractivity contribution in [3.63, 3.8) is 0 Å². The fourth-order valence-electron chi connectivity index (χ4n) is 10.8. The number of Topliss-reactive ketones (excluding diaryl/α,β-unsaturated/α-hetero) is 2. The molecule has 0 amide bonds. The first-order chi connectivity index (χ1) is 50.6. The maximum atomic E-state index is 12.6. The van der Waals surface area contributed by atoms with Crippen molar-refractivity contribution in [2.75, 3.05) is 28.4 Å². The van der Waals surface area contributed by atoms with E-state index in [9.17, 15) is 43.5 Å². The highest BCUT2D eigenvalue weighted by Crippen LogP contribution is 2.25. The summed E-state index contributed by atoms with van der Waals surface area (Å²) in [6.45, 7) is 11.7. The number of alkyl halides is 1. The number of aromatic nitrogens is 6. The number of hydrogen-bond acceptors (Lipinski definition) is 17. The zero-order valence-electron chi connectivity index (χ0n) is 61.1. The molecule has 0 bridgehead atoms. The first kappa shape index (κ1) is 84.2. The minimum Gasteiger partial charge on any atom is -0.478 e. The molecule has 6 aromatic heterocycles. The number of unbranched alkanes of at least 4 members (excludes halogenated alkanes) is 3. The van der Waals surface area contributed by atoms with Crippen LogP contribution in [0.15, 0.2) is 161 Å². The summed E-state index contributed by atoms with van der Waals surface area (Å²) in [6, 6.07) is 33.2. The topological polar surface area (TPSA) is 258 Å². The van der Waals surface area contributed by atoms with Gasteiger partial charge in [-0.15, -0.1) is 34.0 Å². The summed E-state index contributed by atoms with van der Waals surface area (Å²) in [7, 11) is 5.53. The van der Waals surface area contributed by atoms with Crippen LogP contribution in [0, 0.1) is 0 Å². The molecule has 0 aliphatic carbocycles. The number of carboxylic acids is 2. The van der Waals surface area contributed by atoms with Crippen LogP contribution in [0.4, 0.5) is 0 Å². The highest BCUT2D eigenvalue weighted by atomic mass is 79.9. The first-order valence-corrected chi connectivity index (χ1v) is 38.4. The van der Waals surface area contributed by atoms with Crippen LogP contribution < -0.4 is 4.57 Å². The molecule has 0 aliphatic rings. The van der Waals surface area contributed by atoms with Crippen LogP contribution >= 0.6 is 49.9 Å². The van der Waals surface area contributed by atoms with Crippen LogP contribution in [-0.4, -0.2) is 110 Å². The number of rotatable bonds is 35. The van der Waals surface area contributed by atoms with Crippen molar-refractivity contribution < 1.29 is 72.1 Å². The van der Waals surface area contributed by atoms with Crippen molar-refractivity contribution in [1.82, 2.24) is 23.7 Å². The van der Waals surface area contributed by atoms with Gasteiger partial charge in [0.2, 0.25) is 0 Å². The van der Waals surface area contributed by atoms with Crippen LogP contribution in [0.1, 0.15) is 183 Å². The number of carboxylic acid groups (broad SMARTS) is 2. The monoisotopic (exact) mass is 1550 g/mol. The Bertz CT molecular complexity index is 4360. The van der Waals surface area contributed by atoms with Gasteiger partial charge >= 0.3 is 35.8 Å². The van der Waals surface area contributed by atoms with Gasteiger partial charge < -0.3 is 38.3 Å². The second-order valence-electron chi connectivity index (χ2n) is 24.4. The molecule has 105 heavy (non-hydrogen) atoms. The molecule has 9 aromatic rings. The number of nitrogens with zero attached hydrogens (tertiary/aromatic N) is 6. The summed E-state index contributed by atoms with van der Waals surface area (Å²) >= 11 is 8.12. The Kier molecular flexibility index (Phi) is 35.9. The van der Waals surface area contributed by atoms with Gasteiger partial charge in [0.1, 0.15) is 30.9 Å². The van der Waals surface area contributed by atoms with Crippen molar-refractivity contribution in [2.45, 2.75) is 156 Å². The number of aliphatic carboxylic acids is 1. The number of methoxy groups -OCH3 is 4. The average Bonchev–Trinajstić information content (AvgIpc) is 1.66. The molecule has 20 nitrogen and oxygen atoms in total. The molecule has 0 saturated carbocycles. The maximum absolute atomic E-state index is 12.6. The van der Waals surface area contributed by atoms with Crippen LogP contribution in [0.25, 0.3) is 18.2 Å². The van der Waals surface area contributed by atoms with Gasteiger partial charge in [0.05, 0.1) is 75.6 Å². The summed E-state index contributed by atoms with van der Waals surface area (Å²) < 4.78 is 27.3. The number of allylic oxidation sites excluding steroid dienone is 2. The van der Waals surface area contributed by atoms with Crippen molar-refractivity contribution in [3.05, 3.63) is 243 Å². The van der Waals surface area contributed by atoms with Gasteiger partial charge in [0, 0.05) is 94.5 Å². The number of aromatic carboxylic acids is 1. The number of esters is 4. The van der Waals surface area contributed by atoms with E-state index in [2.05, 4.69) is 60.5 Å². The fourth-order valence-corrected chi connectivity index (χ4v) is 13.3. The Hall–Kier alpha value is -9.75. The van der Waals surface area contributed by atoms with Gasteiger partial charge in [-0.05, 0) is 139 Å². The lowest BCUT2D eigenvalue weighted by Gasteiger charge is -2.12. The number of carbonyl (C=O) groups excluding carboxylic acids is 6. The smallest absolute Gasteiger partial charge is 0.337 e. The average molecular weight is 1550 g/mol. The van der Waals surface area contributed by atoms with Gasteiger partial charge in [0.15, 0.2) is 17.3 Å². The summed E-state index contributed by atoms with van der Waals surface area (Å²) in [6.07, 6.45) is 21.9.